The largest absolute Gasteiger partial charge is 0.481 e. The first-order chi connectivity index (χ1) is 17.8. The Morgan fingerprint density at radius 1 is 1.16 bits per heavy atom. The van der Waals surface area contributed by atoms with Gasteiger partial charge in [0.25, 0.3) is 5.91 Å². The van der Waals surface area contributed by atoms with Gasteiger partial charge in [-0.25, -0.2) is 0 Å². The molecule has 2 aromatic rings. The predicted octanol–water partition coefficient (Wildman–Crippen LogP) is 3.90. The van der Waals surface area contributed by atoms with Crippen molar-refractivity contribution in [1.29, 1.82) is 0 Å². The van der Waals surface area contributed by atoms with Crippen LogP contribution in [0.4, 0.5) is 11.5 Å². The van der Waals surface area contributed by atoms with Crippen LogP contribution in [0.25, 0.3) is 0 Å². The molecule has 200 valence electrons. The van der Waals surface area contributed by atoms with Crippen molar-refractivity contribution in [3.8, 4) is 11.9 Å². The first-order valence-electron chi connectivity index (χ1n) is 13.0. The zero-order valence-electron chi connectivity index (χ0n) is 21.5. The van der Waals surface area contributed by atoms with Gasteiger partial charge in [0.1, 0.15) is 24.6 Å². The van der Waals surface area contributed by atoms with E-state index in [0.717, 1.165) is 31.4 Å². The van der Waals surface area contributed by atoms with Gasteiger partial charge in [0.15, 0.2) is 0 Å². The van der Waals surface area contributed by atoms with Crippen LogP contribution in [0.1, 0.15) is 67.8 Å². The number of fused-ring (bicyclic) bond motifs is 1. The van der Waals surface area contributed by atoms with Gasteiger partial charge >= 0.3 is 12.0 Å². The normalized spacial score (nSPS) is 19.8. The van der Waals surface area contributed by atoms with E-state index in [-0.39, 0.29) is 54.7 Å². The van der Waals surface area contributed by atoms with Crippen LogP contribution in [0.15, 0.2) is 24.3 Å². The molecular weight excluding hydrogens is 476 g/mol. The summed E-state index contributed by atoms with van der Waals surface area (Å²) in [6.45, 7) is 6.03. The Bertz CT molecular complexity index is 1080. The zero-order valence-corrected chi connectivity index (χ0v) is 21.5. The second-order valence-corrected chi connectivity index (χ2v) is 10.1. The van der Waals surface area contributed by atoms with E-state index in [0.29, 0.717) is 31.6 Å². The van der Waals surface area contributed by atoms with Gasteiger partial charge in [0, 0.05) is 18.7 Å². The van der Waals surface area contributed by atoms with Crippen molar-refractivity contribution < 1.29 is 28.9 Å². The molecule has 0 bridgehead atoms. The highest BCUT2D eigenvalue weighted by molar-refractivity contribution is 6.10. The minimum Gasteiger partial charge on any atom is -0.481 e. The highest BCUT2D eigenvalue weighted by Crippen LogP contribution is 2.38. The Balaban J connectivity index is 1.40. The molecule has 1 aromatic carbocycles. The smallest absolute Gasteiger partial charge is 0.321 e. The number of carboxylic acid groups (broad SMARTS) is 1. The van der Waals surface area contributed by atoms with Crippen LogP contribution in [0.2, 0.25) is 0 Å². The van der Waals surface area contributed by atoms with Gasteiger partial charge in [-0.3, -0.25) is 9.59 Å². The molecular formula is C27H36N4O6. The number of carboxylic acids is 1. The molecule has 1 fully saturated rings. The fraction of sp³-hybridized carbons (Fsp3) is 0.556. The van der Waals surface area contributed by atoms with Crippen LogP contribution in [0.5, 0.6) is 11.9 Å². The number of aliphatic carboxylic acids is 1. The first kappa shape index (κ1) is 26.7. The third-order valence-electron chi connectivity index (χ3n) is 6.79. The number of benzene rings is 1. The highest BCUT2D eigenvalue weighted by Gasteiger charge is 2.30. The number of rotatable bonds is 10. The van der Waals surface area contributed by atoms with Crippen molar-refractivity contribution in [1.82, 2.24) is 9.97 Å². The van der Waals surface area contributed by atoms with Gasteiger partial charge in [-0.05, 0) is 61.1 Å². The van der Waals surface area contributed by atoms with Crippen molar-refractivity contribution >= 4 is 23.4 Å². The lowest BCUT2D eigenvalue weighted by atomic mass is 9.77. The Kier molecular flexibility index (Phi) is 8.81. The lowest BCUT2D eigenvalue weighted by Gasteiger charge is -2.28. The number of aromatic nitrogens is 2. The maximum atomic E-state index is 13.4. The minimum absolute atomic E-state index is 0.00902. The number of hydrogen-bond donors (Lipinski definition) is 2. The molecule has 10 nitrogen and oxygen atoms in total. The molecule has 3 N–H and O–H groups in total. The van der Waals surface area contributed by atoms with Gasteiger partial charge in [-0.15, -0.1) is 0 Å². The van der Waals surface area contributed by atoms with E-state index in [1.165, 1.54) is 5.56 Å². The van der Waals surface area contributed by atoms with Crippen LogP contribution in [-0.2, 0) is 9.53 Å². The fourth-order valence-electron chi connectivity index (χ4n) is 4.91. The Morgan fingerprint density at radius 2 is 1.89 bits per heavy atom. The number of nitrogens with two attached hydrogens (primary N) is 1. The van der Waals surface area contributed by atoms with E-state index in [4.69, 9.17) is 25.1 Å². The van der Waals surface area contributed by atoms with Crippen LogP contribution in [0.3, 0.4) is 0 Å². The number of ether oxygens (including phenoxy) is 3. The van der Waals surface area contributed by atoms with Crippen molar-refractivity contribution in [2.24, 2.45) is 11.8 Å². The number of amides is 1. The molecule has 1 amide bonds. The lowest BCUT2D eigenvalue weighted by Crippen LogP contribution is -2.32. The number of nitrogen functional groups attached to an aromatic ring is 1. The molecule has 0 spiro atoms. The highest BCUT2D eigenvalue weighted by atomic mass is 16.5. The minimum atomic E-state index is -0.720. The number of carbonyl (C=O) groups excluding carboxylic acids is 1. The van der Waals surface area contributed by atoms with E-state index in [2.05, 4.69) is 35.9 Å². The van der Waals surface area contributed by atoms with Gasteiger partial charge in [-0.2, -0.15) is 9.97 Å². The molecule has 37 heavy (non-hydrogen) atoms. The molecule has 1 aliphatic heterocycles. The van der Waals surface area contributed by atoms with Crippen LogP contribution >= 0.6 is 0 Å². The molecule has 0 saturated heterocycles. The van der Waals surface area contributed by atoms with E-state index >= 15 is 0 Å². The summed E-state index contributed by atoms with van der Waals surface area (Å²) in [4.78, 5) is 34.5. The third-order valence-corrected chi connectivity index (χ3v) is 6.79. The quantitative estimate of drug-likeness (QED) is 0.454. The topological polar surface area (TPSA) is 137 Å². The molecule has 1 aliphatic carbocycles. The van der Waals surface area contributed by atoms with Crippen LogP contribution in [-0.4, -0.2) is 59.9 Å². The maximum absolute atomic E-state index is 13.4. The Morgan fingerprint density at radius 3 is 2.57 bits per heavy atom. The first-order valence-corrected chi connectivity index (χ1v) is 13.0. The number of anilines is 2. The molecule has 2 aliphatic rings. The average molecular weight is 513 g/mol. The standard InChI is InChI=1S/C27H36N4O6/c1-17(2)16-35-13-14-37-27-29-24(28)23-25(30-27)36-12-11-31(26(23)34)21-9-7-20(8-10-21)19-5-3-18(4-6-19)15-22(32)33/h7-10,17-19H,3-6,11-16H2,1-2H3,(H,32,33)(H2,28,29,30). The van der Waals surface area contributed by atoms with Crippen molar-refractivity contribution in [3.05, 3.63) is 35.4 Å². The third kappa shape index (κ3) is 6.88. The summed E-state index contributed by atoms with van der Waals surface area (Å²) in [6.07, 6.45) is 4.05. The molecule has 0 unspecified atom stereocenters. The van der Waals surface area contributed by atoms with E-state index < -0.39 is 5.97 Å². The summed E-state index contributed by atoms with van der Waals surface area (Å²) in [6, 6.07) is 8.03. The number of carbonyl (C=O) groups is 2. The Hall–Kier alpha value is -3.40. The molecule has 2 heterocycles. The molecule has 10 heteroatoms. The van der Waals surface area contributed by atoms with E-state index in [1.54, 1.807) is 4.90 Å². The summed E-state index contributed by atoms with van der Waals surface area (Å²) in [7, 11) is 0. The monoisotopic (exact) mass is 512 g/mol. The number of nitrogens with zero attached hydrogens (tertiary/aromatic N) is 3. The van der Waals surface area contributed by atoms with Gasteiger partial charge in [-0.1, -0.05) is 26.0 Å². The van der Waals surface area contributed by atoms with Gasteiger partial charge < -0.3 is 30.0 Å². The summed E-state index contributed by atoms with van der Waals surface area (Å²) in [5, 5.41) is 9.04. The molecule has 1 aromatic heterocycles. The molecule has 4 rings (SSSR count). The van der Waals surface area contributed by atoms with Crippen molar-refractivity contribution in [2.75, 3.05) is 43.6 Å². The van der Waals surface area contributed by atoms with Crippen molar-refractivity contribution in [2.45, 2.75) is 51.9 Å². The zero-order chi connectivity index (χ0) is 26.4. The van der Waals surface area contributed by atoms with Crippen LogP contribution in [0, 0.1) is 11.8 Å². The van der Waals surface area contributed by atoms with Gasteiger partial charge in [0.2, 0.25) is 5.88 Å². The van der Waals surface area contributed by atoms with Gasteiger partial charge in [0.05, 0.1) is 13.2 Å². The maximum Gasteiger partial charge on any atom is 0.321 e. The summed E-state index contributed by atoms with van der Waals surface area (Å²) in [5.74, 6) is 0.188. The van der Waals surface area contributed by atoms with Crippen molar-refractivity contribution in [3.63, 3.8) is 0 Å². The summed E-state index contributed by atoms with van der Waals surface area (Å²) >= 11 is 0. The fourth-order valence-corrected chi connectivity index (χ4v) is 4.91. The lowest BCUT2D eigenvalue weighted by molar-refractivity contribution is -0.138. The Labute approximate surface area is 217 Å². The van der Waals surface area contributed by atoms with E-state index in [1.807, 2.05) is 12.1 Å². The second-order valence-electron chi connectivity index (χ2n) is 10.1. The molecule has 1 saturated carbocycles. The van der Waals surface area contributed by atoms with Crippen LogP contribution < -0.4 is 20.1 Å². The second kappa shape index (κ2) is 12.2. The molecule has 0 atom stereocenters. The number of hydrogen-bond acceptors (Lipinski definition) is 8. The summed E-state index contributed by atoms with van der Waals surface area (Å²) < 4.78 is 16.8. The summed E-state index contributed by atoms with van der Waals surface area (Å²) in [5.41, 5.74) is 8.22. The SMILES string of the molecule is CC(C)COCCOc1nc(N)c2c(n1)OCCN(c1ccc(C3CCC(CC(=O)O)CC3)cc1)C2=O. The predicted molar refractivity (Wildman–Crippen MR) is 138 cm³/mol. The molecule has 0 radical (unpaired) electrons. The average Bonchev–Trinajstić information content (AvgIpc) is 3.02. The van der Waals surface area contributed by atoms with E-state index in [9.17, 15) is 9.59 Å².